The summed E-state index contributed by atoms with van der Waals surface area (Å²) < 4.78 is 18.2. The fourth-order valence-corrected chi connectivity index (χ4v) is 3.50. The Balaban J connectivity index is 1.52. The monoisotopic (exact) mass is 409 g/mol. The van der Waals surface area contributed by atoms with Crippen molar-refractivity contribution in [2.45, 2.75) is 13.0 Å². The zero-order valence-corrected chi connectivity index (χ0v) is 16.4. The highest BCUT2D eigenvalue weighted by atomic mass is 32.1. The summed E-state index contributed by atoms with van der Waals surface area (Å²) in [5, 5.41) is 16.0. The largest absolute Gasteiger partial charge is 0.497 e. The molecule has 1 aliphatic heterocycles. The van der Waals surface area contributed by atoms with E-state index in [1.807, 2.05) is 29.6 Å². The van der Waals surface area contributed by atoms with Gasteiger partial charge in [0.25, 0.3) is 5.91 Å². The van der Waals surface area contributed by atoms with Gasteiger partial charge < -0.3 is 4.74 Å². The molecule has 0 aliphatic carbocycles. The quantitative estimate of drug-likeness (QED) is 0.566. The topological polar surface area (TPSA) is 79.5 Å². The van der Waals surface area contributed by atoms with E-state index in [0.29, 0.717) is 16.5 Å². The lowest BCUT2D eigenvalue weighted by atomic mass is 10.2. The Bertz CT molecular complexity index is 1090. The van der Waals surface area contributed by atoms with E-state index in [-0.39, 0.29) is 11.7 Å². The number of azo groups is 1. The van der Waals surface area contributed by atoms with Crippen molar-refractivity contribution in [1.29, 1.82) is 0 Å². The number of ether oxygens (including phenoxy) is 1. The molecular weight excluding hydrogens is 393 g/mol. The van der Waals surface area contributed by atoms with Crippen LogP contribution in [0.5, 0.6) is 5.75 Å². The standard InChI is InChI=1S/C20H16FN5O2S/c1-12-18(24-23-15-7-5-14(21)6-8-15)19(27)26(25-12)20-22-17(11-29-20)13-3-9-16(28-2)10-4-13/h3-11,18H,1-2H3/t18-/m0/s1. The van der Waals surface area contributed by atoms with Crippen molar-refractivity contribution in [2.75, 3.05) is 12.1 Å². The predicted molar refractivity (Wildman–Crippen MR) is 109 cm³/mol. The zero-order valence-electron chi connectivity index (χ0n) is 15.6. The number of nitrogens with zero attached hydrogens (tertiary/aromatic N) is 5. The molecule has 1 aliphatic rings. The first kappa shape index (κ1) is 18.9. The summed E-state index contributed by atoms with van der Waals surface area (Å²) in [4.78, 5) is 17.3. The van der Waals surface area contributed by atoms with Gasteiger partial charge in [-0.05, 0) is 55.5 Å². The van der Waals surface area contributed by atoms with Gasteiger partial charge in [-0.15, -0.1) is 11.3 Å². The molecule has 1 aromatic heterocycles. The number of halogens is 1. The normalized spacial score (nSPS) is 16.5. The Kier molecular flexibility index (Phi) is 5.13. The van der Waals surface area contributed by atoms with Gasteiger partial charge >= 0.3 is 0 Å². The van der Waals surface area contributed by atoms with E-state index in [9.17, 15) is 9.18 Å². The van der Waals surface area contributed by atoms with Crippen LogP contribution in [0.25, 0.3) is 11.3 Å². The van der Waals surface area contributed by atoms with Crippen molar-refractivity contribution in [1.82, 2.24) is 4.98 Å². The summed E-state index contributed by atoms with van der Waals surface area (Å²) in [6, 6.07) is 12.2. The summed E-state index contributed by atoms with van der Waals surface area (Å²) in [5.41, 5.74) is 2.63. The number of hydrogen-bond donors (Lipinski definition) is 0. The Morgan fingerprint density at radius 1 is 1.14 bits per heavy atom. The number of thiazole rings is 1. The number of carbonyl (C=O) groups is 1. The van der Waals surface area contributed by atoms with Crippen molar-refractivity contribution in [3.05, 3.63) is 59.7 Å². The second kappa shape index (κ2) is 7.88. The minimum atomic E-state index is -0.826. The number of methoxy groups -OCH3 is 1. The molecule has 0 unspecified atom stereocenters. The van der Waals surface area contributed by atoms with Crippen molar-refractivity contribution in [3.63, 3.8) is 0 Å². The molecule has 9 heteroatoms. The van der Waals surface area contributed by atoms with Gasteiger partial charge in [0.15, 0.2) is 6.04 Å². The number of hydrogen-bond acceptors (Lipinski definition) is 7. The van der Waals surface area contributed by atoms with Crippen LogP contribution in [0.15, 0.2) is 69.2 Å². The highest BCUT2D eigenvalue weighted by Gasteiger charge is 2.36. The average Bonchev–Trinajstić information content (AvgIpc) is 3.33. The third-order valence-electron chi connectivity index (χ3n) is 4.27. The third kappa shape index (κ3) is 3.90. The summed E-state index contributed by atoms with van der Waals surface area (Å²) in [5.74, 6) is 0.0683. The number of amides is 1. The number of carbonyl (C=O) groups excluding carboxylic acids is 1. The van der Waals surface area contributed by atoms with Crippen LogP contribution in [0, 0.1) is 5.82 Å². The van der Waals surface area contributed by atoms with Crippen LogP contribution in [0.2, 0.25) is 0 Å². The summed E-state index contributed by atoms with van der Waals surface area (Å²) in [6.07, 6.45) is 0. The van der Waals surface area contributed by atoms with Crippen LogP contribution in [0.3, 0.4) is 0 Å². The molecule has 146 valence electrons. The third-order valence-corrected chi connectivity index (χ3v) is 5.09. The molecule has 3 aromatic rings. The lowest BCUT2D eigenvalue weighted by molar-refractivity contribution is -0.117. The number of aromatic nitrogens is 1. The Morgan fingerprint density at radius 2 is 1.86 bits per heavy atom. The molecule has 0 fully saturated rings. The maximum absolute atomic E-state index is 13.0. The van der Waals surface area contributed by atoms with E-state index in [1.54, 1.807) is 14.0 Å². The zero-order chi connectivity index (χ0) is 20.4. The minimum Gasteiger partial charge on any atom is -0.497 e. The van der Waals surface area contributed by atoms with E-state index >= 15 is 0 Å². The van der Waals surface area contributed by atoms with E-state index < -0.39 is 6.04 Å². The Morgan fingerprint density at radius 3 is 2.55 bits per heavy atom. The van der Waals surface area contributed by atoms with Gasteiger partial charge in [-0.25, -0.2) is 9.37 Å². The SMILES string of the molecule is COc1ccc(-c2csc(N3N=C(C)[C@H](N=Nc4ccc(F)cc4)C3=O)n2)cc1. The van der Waals surface area contributed by atoms with Crippen LogP contribution in [0.1, 0.15) is 6.92 Å². The molecule has 7 nitrogen and oxygen atoms in total. The summed E-state index contributed by atoms with van der Waals surface area (Å²) in [6.45, 7) is 1.71. The molecule has 0 radical (unpaired) electrons. The molecule has 1 amide bonds. The van der Waals surface area contributed by atoms with Gasteiger partial charge in [-0.1, -0.05) is 0 Å². The predicted octanol–water partition coefficient (Wildman–Crippen LogP) is 4.83. The number of rotatable bonds is 5. The Labute approximate surface area is 170 Å². The lowest BCUT2D eigenvalue weighted by Gasteiger charge is -2.08. The number of benzene rings is 2. The smallest absolute Gasteiger partial charge is 0.282 e. The van der Waals surface area contributed by atoms with Gasteiger partial charge in [-0.3, -0.25) is 4.79 Å². The molecule has 0 spiro atoms. The van der Waals surface area contributed by atoms with Crippen LogP contribution in [-0.2, 0) is 4.79 Å². The molecule has 0 N–H and O–H groups in total. The molecule has 2 aromatic carbocycles. The number of anilines is 1. The molecular formula is C20H16FN5O2S. The average molecular weight is 409 g/mol. The summed E-state index contributed by atoms with van der Waals surface area (Å²) in [7, 11) is 1.61. The van der Waals surface area contributed by atoms with Gasteiger partial charge in [0.1, 0.15) is 11.6 Å². The lowest BCUT2D eigenvalue weighted by Crippen LogP contribution is -2.29. The van der Waals surface area contributed by atoms with E-state index in [2.05, 4.69) is 20.3 Å². The first-order valence-electron chi connectivity index (χ1n) is 8.70. The number of hydrazone groups is 1. The van der Waals surface area contributed by atoms with Crippen molar-refractivity contribution in [2.24, 2.45) is 15.3 Å². The van der Waals surface area contributed by atoms with Crippen LogP contribution >= 0.6 is 11.3 Å². The van der Waals surface area contributed by atoms with Gasteiger partial charge in [-0.2, -0.15) is 20.3 Å². The van der Waals surface area contributed by atoms with Crippen molar-refractivity contribution < 1.29 is 13.9 Å². The molecule has 4 rings (SSSR count). The van der Waals surface area contributed by atoms with Crippen LogP contribution in [-0.4, -0.2) is 29.8 Å². The molecule has 2 heterocycles. The van der Waals surface area contributed by atoms with E-state index in [4.69, 9.17) is 4.74 Å². The summed E-state index contributed by atoms with van der Waals surface area (Å²) >= 11 is 1.32. The fourth-order valence-electron chi connectivity index (χ4n) is 2.71. The molecule has 0 saturated heterocycles. The molecule has 0 bridgehead atoms. The molecule has 0 saturated carbocycles. The minimum absolute atomic E-state index is 0.330. The van der Waals surface area contributed by atoms with Crippen molar-refractivity contribution in [3.8, 4) is 17.0 Å². The fraction of sp³-hybridized carbons (Fsp3) is 0.150. The highest BCUT2D eigenvalue weighted by molar-refractivity contribution is 7.14. The van der Waals surface area contributed by atoms with Crippen molar-refractivity contribution >= 4 is 33.8 Å². The maximum Gasteiger partial charge on any atom is 0.282 e. The van der Waals surface area contributed by atoms with Crippen LogP contribution < -0.4 is 9.75 Å². The second-order valence-electron chi connectivity index (χ2n) is 6.23. The second-order valence-corrected chi connectivity index (χ2v) is 7.07. The first-order chi connectivity index (χ1) is 14.0. The molecule has 29 heavy (non-hydrogen) atoms. The first-order valence-corrected chi connectivity index (χ1v) is 9.58. The van der Waals surface area contributed by atoms with E-state index in [0.717, 1.165) is 17.0 Å². The van der Waals surface area contributed by atoms with Gasteiger partial charge in [0.05, 0.1) is 24.2 Å². The van der Waals surface area contributed by atoms with Gasteiger partial charge in [0.2, 0.25) is 5.13 Å². The van der Waals surface area contributed by atoms with E-state index in [1.165, 1.54) is 40.6 Å². The van der Waals surface area contributed by atoms with Gasteiger partial charge in [0, 0.05) is 10.9 Å². The van der Waals surface area contributed by atoms with Crippen LogP contribution in [0.4, 0.5) is 15.2 Å². The highest BCUT2D eigenvalue weighted by Crippen LogP contribution is 2.31. The molecule has 1 atom stereocenters. The Hall–Kier alpha value is -3.46. The maximum atomic E-state index is 13.0.